The average Bonchev–Trinajstić information content (AvgIpc) is 2.70. The molecule has 3 rings (SSSR count). The highest BCUT2D eigenvalue weighted by Crippen LogP contribution is 2.35. The highest BCUT2D eigenvalue weighted by molar-refractivity contribution is 6.30. The molecule has 0 aliphatic carbocycles. The fourth-order valence-electron chi connectivity index (χ4n) is 3.11. The number of aryl methyl sites for hydroxylation is 1. The summed E-state index contributed by atoms with van der Waals surface area (Å²) in [6, 6.07) is 14.9. The van der Waals surface area contributed by atoms with Gasteiger partial charge in [-0.25, -0.2) is 0 Å². The van der Waals surface area contributed by atoms with Crippen molar-refractivity contribution < 1.29 is 0 Å². The zero-order valence-electron chi connectivity index (χ0n) is 12.2. The van der Waals surface area contributed by atoms with E-state index in [-0.39, 0.29) is 0 Å². The van der Waals surface area contributed by atoms with E-state index >= 15 is 0 Å². The van der Waals surface area contributed by atoms with E-state index in [2.05, 4.69) is 41.3 Å². The van der Waals surface area contributed by atoms with Crippen molar-refractivity contribution in [3.8, 4) is 0 Å². The fourth-order valence-corrected chi connectivity index (χ4v) is 3.31. The lowest BCUT2D eigenvalue weighted by atomic mass is 10.1. The van der Waals surface area contributed by atoms with Crippen LogP contribution in [0.25, 0.3) is 0 Å². The first-order chi connectivity index (χ1) is 10.3. The molecule has 0 atom stereocenters. The predicted octanol–water partition coefficient (Wildman–Crippen LogP) is 4.32. The van der Waals surface area contributed by atoms with Crippen molar-refractivity contribution in [3.63, 3.8) is 0 Å². The Bertz CT molecular complexity index is 624. The van der Waals surface area contributed by atoms with E-state index in [0.717, 1.165) is 24.4 Å². The molecule has 2 nitrogen and oxygen atoms in total. The smallest absolute Gasteiger partial charge is 0.0444 e. The summed E-state index contributed by atoms with van der Waals surface area (Å²) in [4.78, 5) is 2.43. The molecule has 0 unspecified atom stereocenters. The molecule has 1 aliphatic heterocycles. The van der Waals surface area contributed by atoms with Crippen LogP contribution in [0.15, 0.2) is 42.5 Å². The van der Waals surface area contributed by atoms with Gasteiger partial charge in [0.1, 0.15) is 0 Å². The van der Waals surface area contributed by atoms with Crippen LogP contribution < -0.4 is 10.6 Å². The zero-order valence-corrected chi connectivity index (χ0v) is 12.9. The van der Waals surface area contributed by atoms with Gasteiger partial charge in [0.05, 0.1) is 0 Å². The summed E-state index contributed by atoms with van der Waals surface area (Å²) in [6.07, 6.45) is 4.47. The Kier molecular flexibility index (Phi) is 4.47. The van der Waals surface area contributed by atoms with E-state index in [1.165, 1.54) is 35.3 Å². The van der Waals surface area contributed by atoms with Gasteiger partial charge in [0.15, 0.2) is 0 Å². The van der Waals surface area contributed by atoms with Gasteiger partial charge in [-0.1, -0.05) is 29.8 Å². The maximum atomic E-state index is 6.16. The number of para-hydroxylation sites is 1. The minimum Gasteiger partial charge on any atom is -0.341 e. The summed E-state index contributed by atoms with van der Waals surface area (Å²) in [6.45, 7) is 1.69. The molecule has 0 radical (unpaired) electrons. The van der Waals surface area contributed by atoms with Crippen LogP contribution >= 0.6 is 11.6 Å². The van der Waals surface area contributed by atoms with Gasteiger partial charge in [-0.05, 0) is 67.6 Å². The molecule has 0 saturated heterocycles. The molecular formula is C18H21ClN2. The summed E-state index contributed by atoms with van der Waals surface area (Å²) in [5.41, 5.74) is 11.0. The summed E-state index contributed by atoms with van der Waals surface area (Å²) < 4.78 is 0. The predicted molar refractivity (Wildman–Crippen MR) is 90.6 cm³/mol. The van der Waals surface area contributed by atoms with Gasteiger partial charge in [-0.2, -0.15) is 0 Å². The first kappa shape index (κ1) is 14.4. The molecule has 1 heterocycles. The van der Waals surface area contributed by atoms with Crippen LogP contribution in [0.4, 0.5) is 11.4 Å². The van der Waals surface area contributed by atoms with Gasteiger partial charge in [0, 0.05) is 22.9 Å². The van der Waals surface area contributed by atoms with Crippen LogP contribution in [0.5, 0.6) is 0 Å². The van der Waals surface area contributed by atoms with Gasteiger partial charge < -0.3 is 10.6 Å². The largest absolute Gasteiger partial charge is 0.341 e. The molecule has 110 valence electrons. The Hall–Kier alpha value is -1.51. The zero-order chi connectivity index (χ0) is 14.7. The number of fused-ring (bicyclic) bond motifs is 1. The first-order valence-corrected chi connectivity index (χ1v) is 8.01. The van der Waals surface area contributed by atoms with Gasteiger partial charge in [0.2, 0.25) is 0 Å². The van der Waals surface area contributed by atoms with E-state index in [1.807, 2.05) is 6.07 Å². The third-order valence-electron chi connectivity index (χ3n) is 4.11. The Balaban J connectivity index is 2.07. The van der Waals surface area contributed by atoms with Crippen LogP contribution in [0.1, 0.15) is 24.0 Å². The van der Waals surface area contributed by atoms with E-state index < -0.39 is 0 Å². The number of nitrogens with two attached hydrogens (primary N) is 1. The number of hydrogen-bond acceptors (Lipinski definition) is 2. The lowest BCUT2D eigenvalue weighted by Crippen LogP contribution is -2.20. The standard InChI is InChI=1S/C18H21ClN2/c19-16-8-9-18(15(13-16)10-11-20)21-12-4-3-6-14-5-1-2-7-17(14)21/h1-2,5,7-9,13H,3-4,6,10-12,20H2. The molecule has 2 aromatic rings. The lowest BCUT2D eigenvalue weighted by molar-refractivity contribution is 0.759. The normalized spacial score (nSPS) is 14.7. The third kappa shape index (κ3) is 3.07. The van der Waals surface area contributed by atoms with Crippen LogP contribution in [-0.2, 0) is 12.8 Å². The Morgan fingerprint density at radius 3 is 2.76 bits per heavy atom. The third-order valence-corrected chi connectivity index (χ3v) is 4.34. The Labute approximate surface area is 131 Å². The van der Waals surface area contributed by atoms with Crippen molar-refractivity contribution in [2.75, 3.05) is 18.0 Å². The SMILES string of the molecule is NCCc1cc(Cl)ccc1N1CCCCc2ccccc21. The Morgan fingerprint density at radius 1 is 1.05 bits per heavy atom. The van der Waals surface area contributed by atoms with Crippen LogP contribution in [0.3, 0.4) is 0 Å². The topological polar surface area (TPSA) is 29.3 Å². The molecule has 0 amide bonds. The van der Waals surface area contributed by atoms with Crippen LogP contribution in [0, 0.1) is 0 Å². The molecule has 1 aliphatic rings. The molecule has 2 N–H and O–H groups in total. The first-order valence-electron chi connectivity index (χ1n) is 7.63. The van der Waals surface area contributed by atoms with E-state index in [0.29, 0.717) is 6.54 Å². The Morgan fingerprint density at radius 2 is 1.90 bits per heavy atom. The van der Waals surface area contributed by atoms with Crippen molar-refractivity contribution in [2.45, 2.75) is 25.7 Å². The lowest BCUT2D eigenvalue weighted by Gasteiger charge is -2.27. The highest BCUT2D eigenvalue weighted by Gasteiger charge is 2.18. The summed E-state index contributed by atoms with van der Waals surface area (Å²) in [5.74, 6) is 0. The highest BCUT2D eigenvalue weighted by atomic mass is 35.5. The maximum absolute atomic E-state index is 6.16. The molecular weight excluding hydrogens is 280 g/mol. The van der Waals surface area contributed by atoms with Crippen molar-refractivity contribution in [1.29, 1.82) is 0 Å². The monoisotopic (exact) mass is 300 g/mol. The van der Waals surface area contributed by atoms with Gasteiger partial charge >= 0.3 is 0 Å². The maximum Gasteiger partial charge on any atom is 0.0444 e. The molecule has 2 aromatic carbocycles. The fraction of sp³-hybridized carbons (Fsp3) is 0.333. The van der Waals surface area contributed by atoms with Crippen molar-refractivity contribution in [1.82, 2.24) is 0 Å². The number of hydrogen-bond donors (Lipinski definition) is 1. The van der Waals surface area contributed by atoms with Crippen molar-refractivity contribution >= 4 is 23.0 Å². The van der Waals surface area contributed by atoms with E-state index in [9.17, 15) is 0 Å². The number of halogens is 1. The minimum absolute atomic E-state index is 0.642. The average molecular weight is 301 g/mol. The summed E-state index contributed by atoms with van der Waals surface area (Å²) in [7, 11) is 0. The number of benzene rings is 2. The molecule has 0 bridgehead atoms. The second-order valence-corrected chi connectivity index (χ2v) is 5.99. The molecule has 3 heteroatoms. The molecule has 21 heavy (non-hydrogen) atoms. The van der Waals surface area contributed by atoms with Crippen molar-refractivity contribution in [2.24, 2.45) is 5.73 Å². The second-order valence-electron chi connectivity index (χ2n) is 5.55. The number of nitrogens with zero attached hydrogens (tertiary/aromatic N) is 1. The van der Waals surface area contributed by atoms with E-state index in [1.54, 1.807) is 0 Å². The van der Waals surface area contributed by atoms with Gasteiger partial charge in [-0.15, -0.1) is 0 Å². The molecule has 0 aromatic heterocycles. The van der Waals surface area contributed by atoms with Gasteiger partial charge in [-0.3, -0.25) is 0 Å². The van der Waals surface area contributed by atoms with Gasteiger partial charge in [0.25, 0.3) is 0 Å². The van der Waals surface area contributed by atoms with Crippen LogP contribution in [-0.4, -0.2) is 13.1 Å². The number of rotatable bonds is 3. The number of anilines is 2. The van der Waals surface area contributed by atoms with Crippen molar-refractivity contribution in [3.05, 3.63) is 58.6 Å². The quantitative estimate of drug-likeness (QED) is 0.915. The summed E-state index contributed by atoms with van der Waals surface area (Å²) >= 11 is 6.16. The molecule has 0 saturated carbocycles. The van der Waals surface area contributed by atoms with Crippen LogP contribution in [0.2, 0.25) is 5.02 Å². The molecule has 0 spiro atoms. The minimum atomic E-state index is 0.642. The molecule has 0 fully saturated rings. The summed E-state index contributed by atoms with van der Waals surface area (Å²) in [5, 5.41) is 0.783. The van der Waals surface area contributed by atoms with E-state index in [4.69, 9.17) is 17.3 Å². The second kappa shape index (κ2) is 6.50.